The van der Waals surface area contributed by atoms with Gasteiger partial charge in [0, 0.05) is 17.5 Å². The normalized spacial score (nSPS) is 10.8. The summed E-state index contributed by atoms with van der Waals surface area (Å²) in [5.41, 5.74) is 3.46. The molecule has 1 aromatic heterocycles. The van der Waals surface area contributed by atoms with Gasteiger partial charge >= 0.3 is 0 Å². The lowest BCUT2D eigenvalue weighted by Crippen LogP contribution is -1.86. The van der Waals surface area contributed by atoms with Crippen molar-refractivity contribution in [1.29, 1.82) is 0 Å². The third kappa shape index (κ3) is 3.51. The average Bonchev–Trinajstić information content (AvgIpc) is 2.97. The largest absolute Gasteiger partial charge is 0.497 e. The van der Waals surface area contributed by atoms with Crippen LogP contribution in [0.4, 0.5) is 0 Å². The van der Waals surface area contributed by atoms with E-state index in [9.17, 15) is 0 Å². The first-order valence-corrected chi connectivity index (χ1v) is 9.33. The van der Waals surface area contributed by atoms with Crippen LogP contribution in [-0.2, 0) is 6.42 Å². The highest BCUT2D eigenvalue weighted by Crippen LogP contribution is 2.40. The summed E-state index contributed by atoms with van der Waals surface area (Å²) < 4.78 is 12.8. The molecule has 0 aliphatic rings. The molecule has 0 amide bonds. The number of hydrogen-bond acceptors (Lipinski definition) is 2. The Morgan fingerprint density at radius 2 is 1.67 bits per heavy atom. The lowest BCUT2D eigenvalue weighted by Gasteiger charge is -2.05. The third-order valence-corrected chi connectivity index (χ3v) is 5.23. The second kappa shape index (κ2) is 7.88. The smallest absolute Gasteiger partial charge is 0.143 e. The average molecular weight is 432 g/mol. The molecular formula is C21H21IO2. The molecule has 0 spiro atoms. The summed E-state index contributed by atoms with van der Waals surface area (Å²) in [5.74, 6) is 2.88. The van der Waals surface area contributed by atoms with E-state index in [1.54, 1.807) is 7.11 Å². The minimum absolute atomic E-state index is 0.854. The maximum Gasteiger partial charge on any atom is 0.143 e. The van der Waals surface area contributed by atoms with Gasteiger partial charge in [0.25, 0.3) is 0 Å². The number of unbranched alkanes of at least 4 members (excludes halogenated alkanes) is 1. The number of rotatable bonds is 6. The summed E-state index contributed by atoms with van der Waals surface area (Å²) >= 11 is 2.43. The van der Waals surface area contributed by atoms with Crippen LogP contribution in [0, 0.1) is 3.57 Å². The van der Waals surface area contributed by atoms with Crippen molar-refractivity contribution < 1.29 is 9.15 Å². The molecule has 0 atom stereocenters. The number of methoxy groups -OCH3 is 1. The van der Waals surface area contributed by atoms with Crippen LogP contribution < -0.4 is 4.74 Å². The van der Waals surface area contributed by atoms with E-state index in [1.165, 1.54) is 14.7 Å². The molecule has 24 heavy (non-hydrogen) atoms. The number of benzene rings is 2. The van der Waals surface area contributed by atoms with Crippen molar-refractivity contribution in [2.24, 2.45) is 0 Å². The Labute approximate surface area is 157 Å². The van der Waals surface area contributed by atoms with Crippen LogP contribution in [0.15, 0.2) is 59.0 Å². The van der Waals surface area contributed by atoms with Crippen LogP contribution in [0.5, 0.6) is 5.75 Å². The Hall–Kier alpha value is -1.75. The Bertz CT molecular complexity index is 789. The number of halogens is 1. The molecule has 0 unspecified atom stereocenters. The standard InChI is InChI=1S/C21H21IO2/c1-3-4-10-18-20(22)19(15-8-6-5-7-9-15)21(24-18)16-11-13-17(23-2)14-12-16/h5-9,11-14H,3-4,10H2,1-2H3. The summed E-state index contributed by atoms with van der Waals surface area (Å²) in [7, 11) is 1.68. The molecule has 0 saturated heterocycles. The van der Waals surface area contributed by atoms with Gasteiger partial charge in [0.05, 0.1) is 10.7 Å². The van der Waals surface area contributed by atoms with E-state index in [1.807, 2.05) is 18.2 Å². The first-order chi connectivity index (χ1) is 11.7. The molecule has 124 valence electrons. The molecular weight excluding hydrogens is 411 g/mol. The topological polar surface area (TPSA) is 22.4 Å². The highest BCUT2D eigenvalue weighted by molar-refractivity contribution is 14.1. The van der Waals surface area contributed by atoms with Crippen LogP contribution >= 0.6 is 22.6 Å². The fourth-order valence-electron chi connectivity index (χ4n) is 2.76. The van der Waals surface area contributed by atoms with Gasteiger partial charge < -0.3 is 9.15 Å². The summed E-state index contributed by atoms with van der Waals surface area (Å²) in [5, 5.41) is 0. The lowest BCUT2D eigenvalue weighted by molar-refractivity contribution is 0.415. The molecule has 0 aliphatic carbocycles. The first kappa shape index (κ1) is 17.1. The SMILES string of the molecule is CCCCc1oc(-c2ccc(OC)cc2)c(-c2ccccc2)c1I. The zero-order chi connectivity index (χ0) is 16.9. The fraction of sp³-hybridized carbons (Fsp3) is 0.238. The molecule has 3 rings (SSSR count). The third-order valence-electron chi connectivity index (χ3n) is 4.09. The van der Waals surface area contributed by atoms with E-state index in [0.29, 0.717) is 0 Å². The van der Waals surface area contributed by atoms with Crippen LogP contribution in [0.2, 0.25) is 0 Å². The molecule has 3 heteroatoms. The Morgan fingerprint density at radius 3 is 2.29 bits per heavy atom. The lowest BCUT2D eigenvalue weighted by atomic mass is 10.0. The minimum Gasteiger partial charge on any atom is -0.497 e. The number of hydrogen-bond donors (Lipinski definition) is 0. The van der Waals surface area contributed by atoms with Gasteiger partial charge in [-0.05, 0) is 58.8 Å². The quantitative estimate of drug-likeness (QED) is 0.411. The number of furan rings is 1. The molecule has 0 bridgehead atoms. The van der Waals surface area contributed by atoms with Gasteiger partial charge in [0.2, 0.25) is 0 Å². The second-order valence-electron chi connectivity index (χ2n) is 5.74. The van der Waals surface area contributed by atoms with Crippen molar-refractivity contribution in [3.8, 4) is 28.2 Å². The summed E-state index contributed by atoms with van der Waals surface area (Å²) in [6, 6.07) is 18.5. The number of aryl methyl sites for hydroxylation is 1. The molecule has 0 radical (unpaired) electrons. The zero-order valence-electron chi connectivity index (χ0n) is 14.0. The molecule has 0 fully saturated rings. The molecule has 0 aliphatic heterocycles. The van der Waals surface area contributed by atoms with Crippen molar-refractivity contribution in [2.75, 3.05) is 7.11 Å². The van der Waals surface area contributed by atoms with E-state index in [-0.39, 0.29) is 0 Å². The zero-order valence-corrected chi connectivity index (χ0v) is 16.2. The van der Waals surface area contributed by atoms with Crippen molar-refractivity contribution in [1.82, 2.24) is 0 Å². The Balaban J connectivity index is 2.12. The second-order valence-corrected chi connectivity index (χ2v) is 6.82. The minimum atomic E-state index is 0.854. The van der Waals surface area contributed by atoms with E-state index in [2.05, 4.69) is 65.9 Å². The van der Waals surface area contributed by atoms with Crippen LogP contribution in [-0.4, -0.2) is 7.11 Å². The fourth-order valence-corrected chi connectivity index (χ4v) is 3.70. The van der Waals surface area contributed by atoms with Crippen LogP contribution in [0.1, 0.15) is 25.5 Å². The number of ether oxygens (including phenoxy) is 1. The van der Waals surface area contributed by atoms with Crippen molar-refractivity contribution in [3.05, 3.63) is 63.9 Å². The molecule has 0 saturated carbocycles. The van der Waals surface area contributed by atoms with Gasteiger partial charge in [-0.15, -0.1) is 0 Å². The Morgan fingerprint density at radius 1 is 0.958 bits per heavy atom. The van der Waals surface area contributed by atoms with Crippen molar-refractivity contribution in [3.63, 3.8) is 0 Å². The van der Waals surface area contributed by atoms with Crippen LogP contribution in [0.25, 0.3) is 22.5 Å². The van der Waals surface area contributed by atoms with Gasteiger partial charge in [0.1, 0.15) is 17.3 Å². The van der Waals surface area contributed by atoms with Crippen molar-refractivity contribution >= 4 is 22.6 Å². The van der Waals surface area contributed by atoms with E-state index in [4.69, 9.17) is 9.15 Å². The summed E-state index contributed by atoms with van der Waals surface area (Å²) in [6.45, 7) is 2.21. The molecule has 3 aromatic rings. The highest BCUT2D eigenvalue weighted by atomic mass is 127. The highest BCUT2D eigenvalue weighted by Gasteiger charge is 2.20. The monoisotopic (exact) mass is 432 g/mol. The van der Waals surface area contributed by atoms with Gasteiger partial charge in [-0.3, -0.25) is 0 Å². The van der Waals surface area contributed by atoms with Gasteiger partial charge in [-0.25, -0.2) is 0 Å². The van der Waals surface area contributed by atoms with E-state index >= 15 is 0 Å². The Kier molecular flexibility index (Phi) is 5.61. The van der Waals surface area contributed by atoms with E-state index < -0.39 is 0 Å². The summed E-state index contributed by atoms with van der Waals surface area (Å²) in [4.78, 5) is 0. The predicted octanol–water partition coefficient (Wildman–Crippen LogP) is 6.57. The maximum atomic E-state index is 6.31. The molecule has 0 N–H and O–H groups in total. The first-order valence-electron chi connectivity index (χ1n) is 8.25. The van der Waals surface area contributed by atoms with Crippen LogP contribution in [0.3, 0.4) is 0 Å². The maximum absolute atomic E-state index is 6.31. The van der Waals surface area contributed by atoms with Gasteiger partial charge in [-0.1, -0.05) is 43.7 Å². The van der Waals surface area contributed by atoms with E-state index in [0.717, 1.165) is 42.1 Å². The molecule has 1 heterocycles. The summed E-state index contributed by atoms with van der Waals surface area (Å²) in [6.07, 6.45) is 3.28. The van der Waals surface area contributed by atoms with Crippen molar-refractivity contribution in [2.45, 2.75) is 26.2 Å². The molecule has 2 aromatic carbocycles. The predicted molar refractivity (Wildman–Crippen MR) is 107 cm³/mol. The molecule has 2 nitrogen and oxygen atoms in total. The van der Waals surface area contributed by atoms with Gasteiger partial charge in [-0.2, -0.15) is 0 Å². The van der Waals surface area contributed by atoms with Gasteiger partial charge in [0.15, 0.2) is 0 Å².